The molecule has 29 heavy (non-hydrogen) atoms. The van der Waals surface area contributed by atoms with Crippen molar-refractivity contribution in [1.29, 1.82) is 0 Å². The standard InChI is InChI=1S/C24H29FN2O2/c1-28-22-10-11-23-19(17-26-12-3-2-4-13-26)18-27(24(23)16-22)14-5-15-29-21-8-6-20(25)7-9-21/h6-11,16,18H,2-5,12-15,17H2,1H3. The number of rotatable bonds is 8. The molecule has 0 atom stereocenters. The third kappa shape index (κ3) is 4.91. The molecule has 0 unspecified atom stereocenters. The van der Waals surface area contributed by atoms with Gasteiger partial charge in [0, 0.05) is 30.7 Å². The van der Waals surface area contributed by atoms with Crippen molar-refractivity contribution in [2.45, 2.75) is 38.8 Å². The minimum absolute atomic E-state index is 0.244. The molecule has 3 aromatic rings. The Hall–Kier alpha value is -2.53. The van der Waals surface area contributed by atoms with Crippen LogP contribution in [0.5, 0.6) is 11.5 Å². The minimum Gasteiger partial charge on any atom is -0.497 e. The first kappa shape index (κ1) is 19.8. The molecule has 0 amide bonds. The molecule has 0 spiro atoms. The molecule has 1 aliphatic rings. The lowest BCUT2D eigenvalue weighted by molar-refractivity contribution is 0.221. The molecule has 154 valence electrons. The van der Waals surface area contributed by atoms with E-state index < -0.39 is 0 Å². The zero-order valence-corrected chi connectivity index (χ0v) is 17.1. The van der Waals surface area contributed by atoms with Crippen LogP contribution in [0.15, 0.2) is 48.7 Å². The highest BCUT2D eigenvalue weighted by molar-refractivity contribution is 5.85. The number of likely N-dealkylation sites (tertiary alicyclic amines) is 1. The van der Waals surface area contributed by atoms with Crippen LogP contribution in [0.3, 0.4) is 0 Å². The Kier molecular flexibility index (Phi) is 6.35. The van der Waals surface area contributed by atoms with Crippen LogP contribution >= 0.6 is 0 Å². The molecule has 0 bridgehead atoms. The van der Waals surface area contributed by atoms with E-state index in [1.54, 1.807) is 19.2 Å². The maximum absolute atomic E-state index is 13.0. The molecule has 0 aliphatic carbocycles. The lowest BCUT2D eigenvalue weighted by Gasteiger charge is -2.26. The van der Waals surface area contributed by atoms with Crippen molar-refractivity contribution in [2.24, 2.45) is 0 Å². The van der Waals surface area contributed by atoms with E-state index in [0.717, 1.165) is 25.3 Å². The number of fused-ring (bicyclic) bond motifs is 1. The molecular weight excluding hydrogens is 367 g/mol. The van der Waals surface area contributed by atoms with Crippen molar-refractivity contribution in [2.75, 3.05) is 26.8 Å². The normalized spacial score (nSPS) is 15.0. The summed E-state index contributed by atoms with van der Waals surface area (Å²) < 4.78 is 26.5. The van der Waals surface area contributed by atoms with Crippen LogP contribution in [0, 0.1) is 5.82 Å². The number of methoxy groups -OCH3 is 1. The van der Waals surface area contributed by atoms with Gasteiger partial charge >= 0.3 is 0 Å². The summed E-state index contributed by atoms with van der Waals surface area (Å²) in [7, 11) is 1.71. The highest BCUT2D eigenvalue weighted by atomic mass is 19.1. The summed E-state index contributed by atoms with van der Waals surface area (Å²) >= 11 is 0. The summed E-state index contributed by atoms with van der Waals surface area (Å²) in [6.45, 7) is 4.84. The van der Waals surface area contributed by atoms with Crippen LogP contribution in [-0.2, 0) is 13.1 Å². The minimum atomic E-state index is -0.244. The fourth-order valence-electron chi connectivity index (χ4n) is 4.10. The quantitative estimate of drug-likeness (QED) is 0.487. The van der Waals surface area contributed by atoms with Gasteiger partial charge in [0.25, 0.3) is 0 Å². The lowest BCUT2D eigenvalue weighted by atomic mass is 10.1. The monoisotopic (exact) mass is 396 g/mol. The Balaban J connectivity index is 1.45. The van der Waals surface area contributed by atoms with Crippen LogP contribution in [0.4, 0.5) is 4.39 Å². The maximum Gasteiger partial charge on any atom is 0.123 e. The first-order chi connectivity index (χ1) is 14.2. The smallest absolute Gasteiger partial charge is 0.123 e. The largest absolute Gasteiger partial charge is 0.497 e. The van der Waals surface area contributed by atoms with Crippen LogP contribution < -0.4 is 9.47 Å². The summed E-state index contributed by atoms with van der Waals surface area (Å²) in [5.41, 5.74) is 2.59. The molecule has 4 nitrogen and oxygen atoms in total. The van der Waals surface area contributed by atoms with E-state index >= 15 is 0 Å². The van der Waals surface area contributed by atoms with Gasteiger partial charge in [-0.05, 0) is 74.3 Å². The summed E-state index contributed by atoms with van der Waals surface area (Å²) in [5, 5.41) is 1.30. The highest BCUT2D eigenvalue weighted by Gasteiger charge is 2.15. The average Bonchev–Trinajstić information content (AvgIpc) is 3.09. The van der Waals surface area contributed by atoms with Gasteiger partial charge in [0.15, 0.2) is 0 Å². The van der Waals surface area contributed by atoms with E-state index in [0.29, 0.717) is 12.4 Å². The van der Waals surface area contributed by atoms with E-state index in [-0.39, 0.29) is 5.82 Å². The highest BCUT2D eigenvalue weighted by Crippen LogP contribution is 2.28. The second kappa shape index (κ2) is 9.31. The molecule has 5 heteroatoms. The van der Waals surface area contributed by atoms with E-state index in [2.05, 4.69) is 27.8 Å². The molecule has 2 heterocycles. The van der Waals surface area contributed by atoms with Gasteiger partial charge in [0.05, 0.1) is 19.2 Å². The third-order valence-electron chi connectivity index (χ3n) is 5.64. The third-order valence-corrected chi connectivity index (χ3v) is 5.64. The molecule has 0 saturated carbocycles. The van der Waals surface area contributed by atoms with Crippen molar-refractivity contribution in [3.8, 4) is 11.5 Å². The first-order valence-corrected chi connectivity index (χ1v) is 10.5. The molecule has 1 saturated heterocycles. The Morgan fingerprint density at radius 3 is 2.48 bits per heavy atom. The van der Waals surface area contributed by atoms with Gasteiger partial charge in [-0.1, -0.05) is 6.42 Å². The Bertz CT molecular complexity index is 930. The van der Waals surface area contributed by atoms with Gasteiger partial charge in [-0.25, -0.2) is 4.39 Å². The van der Waals surface area contributed by atoms with Gasteiger partial charge in [0.2, 0.25) is 0 Å². The predicted octanol–water partition coefficient (Wildman–Crippen LogP) is 5.24. The van der Waals surface area contributed by atoms with Gasteiger partial charge in [-0.3, -0.25) is 4.90 Å². The molecular formula is C24H29FN2O2. The molecule has 1 aromatic heterocycles. The molecule has 4 rings (SSSR count). The number of piperidine rings is 1. The summed E-state index contributed by atoms with van der Waals surface area (Å²) in [6.07, 6.45) is 7.11. The van der Waals surface area contributed by atoms with E-state index in [1.165, 1.54) is 61.0 Å². The number of aryl methyl sites for hydroxylation is 1. The zero-order valence-electron chi connectivity index (χ0n) is 17.1. The van der Waals surface area contributed by atoms with Crippen molar-refractivity contribution in [3.05, 3.63) is 60.0 Å². The van der Waals surface area contributed by atoms with Crippen LogP contribution in [-0.4, -0.2) is 36.3 Å². The average molecular weight is 397 g/mol. The van der Waals surface area contributed by atoms with Crippen molar-refractivity contribution in [3.63, 3.8) is 0 Å². The van der Waals surface area contributed by atoms with Crippen LogP contribution in [0.25, 0.3) is 10.9 Å². The van der Waals surface area contributed by atoms with Crippen molar-refractivity contribution in [1.82, 2.24) is 9.47 Å². The Morgan fingerprint density at radius 1 is 0.966 bits per heavy atom. The van der Waals surface area contributed by atoms with E-state index in [1.807, 2.05) is 6.07 Å². The Labute approximate surface area is 171 Å². The zero-order chi connectivity index (χ0) is 20.1. The summed E-state index contributed by atoms with van der Waals surface area (Å²) in [6, 6.07) is 12.5. The van der Waals surface area contributed by atoms with Crippen LogP contribution in [0.2, 0.25) is 0 Å². The van der Waals surface area contributed by atoms with Gasteiger partial charge < -0.3 is 14.0 Å². The topological polar surface area (TPSA) is 26.6 Å². The van der Waals surface area contributed by atoms with Crippen molar-refractivity contribution < 1.29 is 13.9 Å². The van der Waals surface area contributed by atoms with Gasteiger partial charge in [-0.15, -0.1) is 0 Å². The predicted molar refractivity (Wildman–Crippen MR) is 114 cm³/mol. The number of hydrogen-bond acceptors (Lipinski definition) is 3. The number of aromatic nitrogens is 1. The maximum atomic E-state index is 13.0. The number of halogens is 1. The van der Waals surface area contributed by atoms with Gasteiger partial charge in [0.1, 0.15) is 17.3 Å². The SMILES string of the molecule is COc1ccc2c(CN3CCCCC3)cn(CCCOc3ccc(F)cc3)c2c1. The van der Waals surface area contributed by atoms with Crippen molar-refractivity contribution >= 4 is 10.9 Å². The number of nitrogens with zero attached hydrogens (tertiary/aromatic N) is 2. The molecule has 2 aromatic carbocycles. The van der Waals surface area contributed by atoms with E-state index in [4.69, 9.17) is 9.47 Å². The second-order valence-electron chi connectivity index (χ2n) is 7.72. The number of benzene rings is 2. The second-order valence-corrected chi connectivity index (χ2v) is 7.72. The molecule has 0 radical (unpaired) electrons. The Morgan fingerprint density at radius 2 is 1.72 bits per heavy atom. The molecule has 1 fully saturated rings. The first-order valence-electron chi connectivity index (χ1n) is 10.5. The summed E-state index contributed by atoms with van der Waals surface area (Å²) in [5.74, 6) is 1.34. The fourth-order valence-corrected chi connectivity index (χ4v) is 4.10. The lowest BCUT2D eigenvalue weighted by Crippen LogP contribution is -2.28. The number of ether oxygens (including phenoxy) is 2. The van der Waals surface area contributed by atoms with Gasteiger partial charge in [-0.2, -0.15) is 0 Å². The number of hydrogen-bond donors (Lipinski definition) is 0. The molecule has 0 N–H and O–H groups in total. The fraction of sp³-hybridized carbons (Fsp3) is 0.417. The molecule has 1 aliphatic heterocycles. The van der Waals surface area contributed by atoms with E-state index in [9.17, 15) is 4.39 Å². The summed E-state index contributed by atoms with van der Waals surface area (Å²) in [4.78, 5) is 2.56. The van der Waals surface area contributed by atoms with Crippen LogP contribution in [0.1, 0.15) is 31.2 Å².